The van der Waals surface area contributed by atoms with Crippen LogP contribution in [0.4, 0.5) is 0 Å². The van der Waals surface area contributed by atoms with Crippen LogP contribution >= 0.6 is 0 Å². The van der Waals surface area contributed by atoms with E-state index >= 15 is 0 Å². The Morgan fingerprint density at radius 3 is 2.62 bits per heavy atom. The van der Waals surface area contributed by atoms with E-state index < -0.39 is 0 Å². The van der Waals surface area contributed by atoms with Gasteiger partial charge in [-0.3, -0.25) is 4.79 Å². The molecule has 0 aliphatic carbocycles. The van der Waals surface area contributed by atoms with Gasteiger partial charge in [-0.25, -0.2) is 0 Å². The summed E-state index contributed by atoms with van der Waals surface area (Å²) in [5.74, 6) is 0.992. The van der Waals surface area contributed by atoms with Crippen molar-refractivity contribution in [3.05, 3.63) is 35.7 Å². The molecule has 1 aromatic carbocycles. The van der Waals surface area contributed by atoms with Gasteiger partial charge >= 0.3 is 0 Å². The third-order valence-electron chi connectivity index (χ3n) is 3.61. The molecule has 0 spiro atoms. The molecule has 0 radical (unpaired) electrons. The first-order valence-electron chi connectivity index (χ1n) is 7.31. The summed E-state index contributed by atoms with van der Waals surface area (Å²) >= 11 is 0. The fraction of sp³-hybridized carbons (Fsp3) is 0.438. The second kappa shape index (κ2) is 7.02. The molecule has 5 heteroatoms. The van der Waals surface area contributed by atoms with Gasteiger partial charge in [-0.1, -0.05) is 32.0 Å². The Bertz CT molecular complexity index is 603. The van der Waals surface area contributed by atoms with Crippen molar-refractivity contribution < 1.29 is 9.21 Å². The van der Waals surface area contributed by atoms with E-state index in [0.717, 1.165) is 24.0 Å². The predicted octanol–water partition coefficient (Wildman–Crippen LogP) is 3.10. The number of amides is 1. The average molecular weight is 287 g/mol. The molecule has 0 saturated heterocycles. The summed E-state index contributed by atoms with van der Waals surface area (Å²) in [6, 6.07) is 7.83. The van der Waals surface area contributed by atoms with Crippen LogP contribution in [-0.2, 0) is 11.3 Å². The number of nitrogens with zero attached hydrogens (tertiary/aromatic N) is 2. The largest absolute Gasteiger partial charge is 0.419 e. The Morgan fingerprint density at radius 1 is 1.24 bits per heavy atom. The first kappa shape index (κ1) is 15.2. The van der Waals surface area contributed by atoms with E-state index in [1.54, 1.807) is 0 Å². The summed E-state index contributed by atoms with van der Waals surface area (Å²) in [6.07, 6.45) is 1.67. The highest BCUT2D eigenvalue weighted by molar-refractivity contribution is 5.78. The van der Waals surface area contributed by atoms with E-state index in [1.807, 2.05) is 45.0 Å². The van der Waals surface area contributed by atoms with E-state index in [2.05, 4.69) is 15.5 Å². The van der Waals surface area contributed by atoms with Crippen molar-refractivity contribution in [2.75, 3.05) is 0 Å². The fourth-order valence-corrected chi connectivity index (χ4v) is 2.21. The molecule has 2 rings (SSSR count). The van der Waals surface area contributed by atoms with Crippen molar-refractivity contribution in [3.8, 4) is 11.5 Å². The van der Waals surface area contributed by atoms with Crippen LogP contribution in [0.25, 0.3) is 11.5 Å². The molecule has 0 aliphatic rings. The molecule has 0 atom stereocenters. The topological polar surface area (TPSA) is 68.0 Å². The second-order valence-electron chi connectivity index (χ2n) is 5.05. The van der Waals surface area contributed by atoms with E-state index in [4.69, 9.17) is 4.42 Å². The summed E-state index contributed by atoms with van der Waals surface area (Å²) in [5.41, 5.74) is 2.00. The highest BCUT2D eigenvalue weighted by Gasteiger charge is 2.15. The lowest BCUT2D eigenvalue weighted by atomic mass is 10.0. The summed E-state index contributed by atoms with van der Waals surface area (Å²) in [4.78, 5) is 11.9. The van der Waals surface area contributed by atoms with Gasteiger partial charge in [0, 0.05) is 11.5 Å². The molecule has 0 fully saturated rings. The van der Waals surface area contributed by atoms with Gasteiger partial charge in [0.2, 0.25) is 17.7 Å². The van der Waals surface area contributed by atoms with Gasteiger partial charge in [0.05, 0.1) is 6.54 Å². The molecule has 112 valence electrons. The predicted molar refractivity (Wildman–Crippen MR) is 80.4 cm³/mol. The van der Waals surface area contributed by atoms with Crippen LogP contribution in [-0.4, -0.2) is 16.1 Å². The van der Waals surface area contributed by atoms with Crippen LogP contribution in [0.3, 0.4) is 0 Å². The smallest absolute Gasteiger partial charge is 0.248 e. The van der Waals surface area contributed by atoms with Gasteiger partial charge in [0.1, 0.15) is 0 Å². The van der Waals surface area contributed by atoms with Crippen LogP contribution < -0.4 is 5.32 Å². The highest BCUT2D eigenvalue weighted by Crippen LogP contribution is 2.21. The number of nitrogens with one attached hydrogen (secondary N) is 1. The second-order valence-corrected chi connectivity index (χ2v) is 5.05. The minimum atomic E-state index is 0.0376. The SMILES string of the molecule is CCC(CC)C(=O)NCc1nnc(-c2ccccc2C)o1. The maximum Gasteiger partial charge on any atom is 0.248 e. The number of carbonyl (C=O) groups is 1. The standard InChI is InChI=1S/C16H21N3O2/c1-4-12(5-2)15(20)17-10-14-18-19-16(21-14)13-9-7-6-8-11(13)3/h6-9,12H,4-5,10H2,1-3H3,(H,17,20). The first-order chi connectivity index (χ1) is 10.2. The van der Waals surface area contributed by atoms with Gasteiger partial charge in [0.15, 0.2) is 0 Å². The average Bonchev–Trinajstić information content (AvgIpc) is 2.95. The summed E-state index contributed by atoms with van der Waals surface area (Å²) in [5, 5.41) is 10.9. The van der Waals surface area contributed by atoms with Crippen LogP contribution in [0.15, 0.2) is 28.7 Å². The van der Waals surface area contributed by atoms with E-state index in [1.165, 1.54) is 0 Å². The zero-order chi connectivity index (χ0) is 15.2. The Morgan fingerprint density at radius 2 is 1.95 bits per heavy atom. The van der Waals surface area contributed by atoms with Crippen molar-refractivity contribution in [1.29, 1.82) is 0 Å². The molecular formula is C16H21N3O2. The number of hydrogen-bond acceptors (Lipinski definition) is 4. The quantitative estimate of drug-likeness (QED) is 0.886. The summed E-state index contributed by atoms with van der Waals surface area (Å²) < 4.78 is 5.61. The fourth-order valence-electron chi connectivity index (χ4n) is 2.21. The normalized spacial score (nSPS) is 10.9. The Kier molecular flexibility index (Phi) is 5.09. The van der Waals surface area contributed by atoms with Crippen molar-refractivity contribution in [2.24, 2.45) is 5.92 Å². The zero-order valence-corrected chi connectivity index (χ0v) is 12.7. The number of carbonyl (C=O) groups excluding carboxylic acids is 1. The van der Waals surface area contributed by atoms with Crippen LogP contribution in [0.1, 0.15) is 38.1 Å². The number of hydrogen-bond donors (Lipinski definition) is 1. The third-order valence-corrected chi connectivity index (χ3v) is 3.61. The zero-order valence-electron chi connectivity index (χ0n) is 12.7. The van der Waals surface area contributed by atoms with Gasteiger partial charge in [-0.05, 0) is 31.4 Å². The van der Waals surface area contributed by atoms with E-state index in [0.29, 0.717) is 11.8 Å². The Labute approximate surface area is 124 Å². The van der Waals surface area contributed by atoms with Gasteiger partial charge in [-0.15, -0.1) is 10.2 Å². The lowest BCUT2D eigenvalue weighted by molar-refractivity contribution is -0.125. The molecular weight excluding hydrogens is 266 g/mol. The lowest BCUT2D eigenvalue weighted by Gasteiger charge is -2.10. The number of benzene rings is 1. The van der Waals surface area contributed by atoms with Crippen molar-refractivity contribution in [2.45, 2.75) is 40.2 Å². The molecule has 1 amide bonds. The third kappa shape index (κ3) is 3.68. The van der Waals surface area contributed by atoms with Crippen molar-refractivity contribution in [3.63, 3.8) is 0 Å². The lowest BCUT2D eigenvalue weighted by Crippen LogP contribution is -2.29. The highest BCUT2D eigenvalue weighted by atomic mass is 16.4. The van der Waals surface area contributed by atoms with Crippen molar-refractivity contribution >= 4 is 5.91 Å². The Hall–Kier alpha value is -2.17. The minimum Gasteiger partial charge on any atom is -0.419 e. The van der Waals surface area contributed by atoms with E-state index in [-0.39, 0.29) is 18.4 Å². The molecule has 0 unspecified atom stereocenters. The monoisotopic (exact) mass is 287 g/mol. The molecule has 1 N–H and O–H groups in total. The number of aryl methyl sites for hydroxylation is 1. The first-order valence-corrected chi connectivity index (χ1v) is 7.31. The maximum atomic E-state index is 11.9. The molecule has 2 aromatic rings. The molecule has 0 aliphatic heterocycles. The van der Waals surface area contributed by atoms with Gasteiger partial charge in [-0.2, -0.15) is 0 Å². The van der Waals surface area contributed by atoms with E-state index in [9.17, 15) is 4.79 Å². The van der Waals surface area contributed by atoms with Crippen LogP contribution in [0.5, 0.6) is 0 Å². The summed E-state index contributed by atoms with van der Waals surface area (Å²) in [6.45, 7) is 6.29. The van der Waals surface area contributed by atoms with Crippen LogP contribution in [0, 0.1) is 12.8 Å². The molecule has 21 heavy (non-hydrogen) atoms. The molecule has 5 nitrogen and oxygen atoms in total. The number of rotatable bonds is 6. The minimum absolute atomic E-state index is 0.0376. The molecule has 1 heterocycles. The molecule has 0 bridgehead atoms. The number of aromatic nitrogens is 2. The van der Waals surface area contributed by atoms with Crippen LogP contribution in [0.2, 0.25) is 0 Å². The Balaban J connectivity index is 2.01. The van der Waals surface area contributed by atoms with Gasteiger partial charge < -0.3 is 9.73 Å². The maximum absolute atomic E-state index is 11.9. The van der Waals surface area contributed by atoms with Crippen molar-refractivity contribution in [1.82, 2.24) is 15.5 Å². The molecule has 1 aromatic heterocycles. The summed E-state index contributed by atoms with van der Waals surface area (Å²) in [7, 11) is 0. The van der Waals surface area contributed by atoms with Gasteiger partial charge in [0.25, 0.3) is 0 Å². The molecule has 0 saturated carbocycles.